The number of nitrogens with one attached hydrogen (secondary N) is 3. The number of carbonyl (C=O) groups is 1. The smallest absolute Gasteiger partial charge is 0.225 e. The normalized spacial score (nSPS) is 13.0. The lowest BCUT2D eigenvalue weighted by molar-refractivity contribution is -0.128. The number of carbonyl (C=O) groups excluding carboxylic acids is 1. The van der Waals surface area contributed by atoms with Crippen molar-refractivity contribution >= 4 is 46.8 Å². The molecule has 0 aliphatic rings. The highest BCUT2D eigenvalue weighted by Crippen LogP contribution is 2.23. The fourth-order valence-corrected chi connectivity index (χ4v) is 2.41. The molecule has 1 aromatic carbocycles. The highest BCUT2D eigenvalue weighted by Gasteiger charge is 2.20. The van der Waals surface area contributed by atoms with E-state index in [4.69, 9.17) is 4.42 Å². The van der Waals surface area contributed by atoms with Gasteiger partial charge in [-0.3, -0.25) is 9.79 Å². The van der Waals surface area contributed by atoms with E-state index in [-0.39, 0.29) is 41.3 Å². The Bertz CT molecular complexity index is 732. The van der Waals surface area contributed by atoms with Crippen LogP contribution in [-0.4, -0.2) is 31.5 Å². The van der Waals surface area contributed by atoms with Crippen LogP contribution in [-0.2, 0) is 4.79 Å². The van der Waals surface area contributed by atoms with Gasteiger partial charge in [0.2, 0.25) is 5.91 Å². The number of furan rings is 1. The second kappa shape index (κ2) is 10.5. The topological polar surface area (TPSA) is 78.7 Å². The molecule has 150 valence electrons. The van der Waals surface area contributed by atoms with Crippen LogP contribution in [0.15, 0.2) is 39.7 Å². The van der Waals surface area contributed by atoms with Gasteiger partial charge in [0.15, 0.2) is 5.96 Å². The number of fused-ring (bicyclic) bond motifs is 1. The molecule has 0 saturated heterocycles. The van der Waals surface area contributed by atoms with Gasteiger partial charge in [-0.25, -0.2) is 0 Å². The second-order valence-corrected chi connectivity index (χ2v) is 7.32. The standard InChI is InChI=1S/C20H30N4O2.HI/c1-6-21-19(23-12-11-22-18(25)20(3,4)5)24-14(2)17-13-15-9-7-8-10-16(15)26-17;/h7-10,13-14H,6,11-12H2,1-5H3,(H,22,25)(H2,21,23,24);1H. The largest absolute Gasteiger partial charge is 0.459 e. The molecule has 0 bridgehead atoms. The number of para-hydroxylation sites is 1. The predicted octanol–water partition coefficient (Wildman–Crippen LogP) is 3.83. The van der Waals surface area contributed by atoms with E-state index in [1.165, 1.54) is 0 Å². The van der Waals surface area contributed by atoms with Gasteiger partial charge in [0.1, 0.15) is 11.3 Å². The Morgan fingerprint density at radius 1 is 1.22 bits per heavy atom. The predicted molar refractivity (Wildman–Crippen MR) is 122 cm³/mol. The summed E-state index contributed by atoms with van der Waals surface area (Å²) in [7, 11) is 0. The van der Waals surface area contributed by atoms with Crippen LogP contribution in [0.2, 0.25) is 0 Å². The molecule has 7 heteroatoms. The van der Waals surface area contributed by atoms with Crippen LogP contribution in [0.4, 0.5) is 0 Å². The lowest BCUT2D eigenvalue weighted by atomic mass is 9.96. The summed E-state index contributed by atoms with van der Waals surface area (Å²) in [5.74, 6) is 1.59. The Morgan fingerprint density at radius 2 is 1.93 bits per heavy atom. The van der Waals surface area contributed by atoms with E-state index in [9.17, 15) is 4.79 Å². The maximum absolute atomic E-state index is 11.9. The van der Waals surface area contributed by atoms with Crippen LogP contribution in [0.25, 0.3) is 11.0 Å². The zero-order valence-electron chi connectivity index (χ0n) is 16.8. The number of nitrogens with zero attached hydrogens (tertiary/aromatic N) is 1. The molecule has 0 radical (unpaired) electrons. The third kappa shape index (κ3) is 7.04. The van der Waals surface area contributed by atoms with Crippen LogP contribution in [0.1, 0.15) is 46.4 Å². The molecule has 1 unspecified atom stereocenters. The van der Waals surface area contributed by atoms with Crippen LogP contribution in [0.3, 0.4) is 0 Å². The molecule has 0 saturated carbocycles. The number of halogens is 1. The summed E-state index contributed by atoms with van der Waals surface area (Å²) in [4.78, 5) is 16.4. The summed E-state index contributed by atoms with van der Waals surface area (Å²) in [6.07, 6.45) is 0. The first-order valence-corrected chi connectivity index (χ1v) is 9.13. The van der Waals surface area contributed by atoms with Crippen molar-refractivity contribution in [3.05, 3.63) is 36.1 Å². The van der Waals surface area contributed by atoms with Gasteiger partial charge < -0.3 is 20.4 Å². The number of hydrogen-bond donors (Lipinski definition) is 3. The van der Waals surface area contributed by atoms with E-state index in [1.54, 1.807) is 0 Å². The summed E-state index contributed by atoms with van der Waals surface area (Å²) in [6, 6.07) is 9.97. The van der Waals surface area contributed by atoms with Crippen molar-refractivity contribution in [3.63, 3.8) is 0 Å². The fourth-order valence-electron chi connectivity index (χ4n) is 2.41. The minimum atomic E-state index is -0.387. The molecule has 0 fully saturated rings. The number of aliphatic imine (C=N–C) groups is 1. The summed E-state index contributed by atoms with van der Waals surface area (Å²) < 4.78 is 5.90. The van der Waals surface area contributed by atoms with Crippen LogP contribution >= 0.6 is 24.0 Å². The minimum absolute atomic E-state index is 0. The molecule has 3 N–H and O–H groups in total. The number of guanidine groups is 1. The van der Waals surface area contributed by atoms with Gasteiger partial charge >= 0.3 is 0 Å². The molecule has 2 aromatic rings. The SMILES string of the molecule is CCNC(=NCCNC(=O)C(C)(C)C)NC(C)c1cc2ccccc2o1.I. The van der Waals surface area contributed by atoms with E-state index in [0.717, 1.165) is 23.3 Å². The molecule has 1 amide bonds. The Labute approximate surface area is 178 Å². The Kier molecular flexibility index (Phi) is 9.08. The first-order chi connectivity index (χ1) is 12.3. The lowest BCUT2D eigenvalue weighted by Gasteiger charge is -2.18. The maximum Gasteiger partial charge on any atom is 0.225 e. The fraction of sp³-hybridized carbons (Fsp3) is 0.500. The molecule has 1 aromatic heterocycles. The van der Waals surface area contributed by atoms with E-state index < -0.39 is 0 Å². The van der Waals surface area contributed by atoms with Gasteiger partial charge in [-0.1, -0.05) is 39.0 Å². The number of benzene rings is 1. The number of amides is 1. The highest BCUT2D eigenvalue weighted by molar-refractivity contribution is 14.0. The average molecular weight is 486 g/mol. The summed E-state index contributed by atoms with van der Waals surface area (Å²) in [5, 5.41) is 10.6. The van der Waals surface area contributed by atoms with Crippen molar-refractivity contribution in [2.45, 2.75) is 40.7 Å². The van der Waals surface area contributed by atoms with Gasteiger partial charge in [0.25, 0.3) is 0 Å². The molecule has 1 heterocycles. The van der Waals surface area contributed by atoms with E-state index in [1.807, 2.05) is 65.0 Å². The molecular formula is C20H31IN4O2. The van der Waals surface area contributed by atoms with E-state index in [2.05, 4.69) is 20.9 Å². The van der Waals surface area contributed by atoms with Gasteiger partial charge in [-0.05, 0) is 26.0 Å². The van der Waals surface area contributed by atoms with E-state index >= 15 is 0 Å². The van der Waals surface area contributed by atoms with Gasteiger partial charge in [-0.15, -0.1) is 24.0 Å². The van der Waals surface area contributed by atoms with Crippen molar-refractivity contribution in [1.82, 2.24) is 16.0 Å². The zero-order chi connectivity index (χ0) is 19.2. The van der Waals surface area contributed by atoms with Crippen LogP contribution < -0.4 is 16.0 Å². The quantitative estimate of drug-likeness (QED) is 0.251. The molecule has 0 aliphatic carbocycles. The van der Waals surface area contributed by atoms with Crippen LogP contribution in [0.5, 0.6) is 0 Å². The third-order valence-electron chi connectivity index (χ3n) is 3.92. The summed E-state index contributed by atoms with van der Waals surface area (Å²) >= 11 is 0. The lowest BCUT2D eigenvalue weighted by Crippen LogP contribution is -2.40. The average Bonchev–Trinajstić information content (AvgIpc) is 3.02. The second-order valence-electron chi connectivity index (χ2n) is 7.32. The first-order valence-electron chi connectivity index (χ1n) is 9.13. The monoisotopic (exact) mass is 486 g/mol. The summed E-state index contributed by atoms with van der Waals surface area (Å²) in [6.45, 7) is 11.5. The first kappa shape index (κ1) is 23.3. The molecule has 0 spiro atoms. The van der Waals surface area contributed by atoms with Gasteiger partial charge in [0, 0.05) is 23.9 Å². The Morgan fingerprint density at radius 3 is 2.56 bits per heavy atom. The van der Waals surface area contributed by atoms with Crippen molar-refractivity contribution in [2.24, 2.45) is 10.4 Å². The molecular weight excluding hydrogens is 455 g/mol. The Balaban J connectivity index is 0.00000364. The van der Waals surface area contributed by atoms with Crippen molar-refractivity contribution < 1.29 is 9.21 Å². The number of hydrogen-bond acceptors (Lipinski definition) is 3. The number of rotatable bonds is 6. The molecule has 0 aliphatic heterocycles. The van der Waals surface area contributed by atoms with Crippen molar-refractivity contribution in [1.29, 1.82) is 0 Å². The van der Waals surface area contributed by atoms with Crippen molar-refractivity contribution in [3.8, 4) is 0 Å². The molecule has 2 rings (SSSR count). The Hall–Kier alpha value is -1.77. The zero-order valence-corrected chi connectivity index (χ0v) is 19.1. The minimum Gasteiger partial charge on any atom is -0.459 e. The van der Waals surface area contributed by atoms with Crippen molar-refractivity contribution in [2.75, 3.05) is 19.6 Å². The third-order valence-corrected chi connectivity index (χ3v) is 3.92. The van der Waals surface area contributed by atoms with E-state index in [0.29, 0.717) is 19.0 Å². The molecule has 6 nitrogen and oxygen atoms in total. The molecule has 27 heavy (non-hydrogen) atoms. The highest BCUT2D eigenvalue weighted by atomic mass is 127. The van der Waals surface area contributed by atoms with Crippen LogP contribution in [0, 0.1) is 5.41 Å². The summed E-state index contributed by atoms with van der Waals surface area (Å²) in [5.41, 5.74) is 0.491. The van der Waals surface area contributed by atoms with Gasteiger partial charge in [0.05, 0.1) is 12.6 Å². The van der Waals surface area contributed by atoms with Gasteiger partial charge in [-0.2, -0.15) is 0 Å². The maximum atomic E-state index is 11.9. The molecule has 1 atom stereocenters.